The molecule has 7 heteroatoms. The van der Waals surface area contributed by atoms with Crippen LogP contribution in [-0.2, 0) is 20.7 Å². The number of carbonyl (C=O) groups excluding carboxylic acids is 2. The van der Waals surface area contributed by atoms with Gasteiger partial charge in [-0.1, -0.05) is 57.0 Å². The number of amides is 2. The van der Waals surface area contributed by atoms with Gasteiger partial charge in [-0.15, -0.1) is 0 Å². The quantitative estimate of drug-likeness (QED) is 0.169. The molecule has 0 saturated heterocycles. The van der Waals surface area contributed by atoms with E-state index in [0.717, 1.165) is 58.2 Å². The van der Waals surface area contributed by atoms with Crippen molar-refractivity contribution in [1.29, 1.82) is 0 Å². The van der Waals surface area contributed by atoms with Crippen LogP contribution < -0.4 is 10.6 Å². The average Bonchev–Trinajstić information content (AvgIpc) is 2.78. The van der Waals surface area contributed by atoms with E-state index in [9.17, 15) is 9.59 Å². The highest BCUT2D eigenvalue weighted by Crippen LogP contribution is 2.06. The number of hydrogen-bond acceptors (Lipinski definition) is 4. The lowest BCUT2D eigenvalue weighted by Crippen LogP contribution is -2.52. The summed E-state index contributed by atoms with van der Waals surface area (Å²) < 4.78 is 11.7. The van der Waals surface area contributed by atoms with Gasteiger partial charge in [0.25, 0.3) is 0 Å². The second-order valence-electron chi connectivity index (χ2n) is 10.8. The van der Waals surface area contributed by atoms with Crippen molar-refractivity contribution in [3.63, 3.8) is 0 Å². The summed E-state index contributed by atoms with van der Waals surface area (Å²) in [5.74, 6) is 0.0272. The third-order valence-corrected chi connectivity index (χ3v) is 5.44. The van der Waals surface area contributed by atoms with Gasteiger partial charge in [-0.05, 0) is 43.6 Å². The Morgan fingerprint density at radius 1 is 0.914 bits per heavy atom. The van der Waals surface area contributed by atoms with E-state index in [1.54, 1.807) is 0 Å². The van der Waals surface area contributed by atoms with Crippen LogP contribution in [0.3, 0.4) is 0 Å². The van der Waals surface area contributed by atoms with Crippen LogP contribution in [0.2, 0.25) is 0 Å². The van der Waals surface area contributed by atoms with Gasteiger partial charge in [-0.25, -0.2) is 4.79 Å². The molecule has 1 rings (SSSR count). The van der Waals surface area contributed by atoms with E-state index in [1.165, 1.54) is 5.56 Å². The first-order chi connectivity index (χ1) is 16.7. The zero-order chi connectivity index (χ0) is 25.9. The monoisotopic (exact) mass is 492 g/mol. The minimum atomic E-state index is -0.268. The Hall–Kier alpha value is -2.12. The maximum atomic E-state index is 12.3. The molecule has 0 heterocycles. The average molecular weight is 493 g/mol. The third kappa shape index (κ3) is 18.8. The number of ether oxygens (including phenoxy) is 2. The molecule has 0 aromatic heterocycles. The van der Waals surface area contributed by atoms with Gasteiger partial charge in [0.2, 0.25) is 0 Å². The summed E-state index contributed by atoms with van der Waals surface area (Å²) in [6.45, 7) is 7.32. The summed E-state index contributed by atoms with van der Waals surface area (Å²) in [4.78, 5) is 24.5. The number of urea groups is 1. The lowest BCUT2D eigenvalue weighted by Gasteiger charge is -2.29. The van der Waals surface area contributed by atoms with E-state index in [2.05, 4.69) is 41.0 Å². The van der Waals surface area contributed by atoms with Gasteiger partial charge in [0.05, 0.1) is 46.8 Å². The molecular weight excluding hydrogens is 442 g/mol. The van der Waals surface area contributed by atoms with Crippen molar-refractivity contribution in [1.82, 2.24) is 10.6 Å². The zero-order valence-corrected chi connectivity index (χ0v) is 22.8. The second kappa shape index (κ2) is 18.2. The Morgan fingerprint density at radius 3 is 2.23 bits per heavy atom. The normalized spacial score (nSPS) is 12.4. The van der Waals surface area contributed by atoms with Gasteiger partial charge >= 0.3 is 12.0 Å². The topological polar surface area (TPSA) is 76.7 Å². The number of esters is 1. The lowest BCUT2D eigenvalue weighted by atomic mass is 10.1. The Labute approximate surface area is 213 Å². The summed E-state index contributed by atoms with van der Waals surface area (Å²) in [6.07, 6.45) is 7.69. The third-order valence-electron chi connectivity index (χ3n) is 5.44. The fraction of sp³-hybridized carbons (Fsp3) is 0.714. The summed E-state index contributed by atoms with van der Waals surface area (Å²) in [6, 6.07) is 10.1. The van der Waals surface area contributed by atoms with Crippen molar-refractivity contribution in [2.75, 3.05) is 54.1 Å². The molecule has 0 aliphatic rings. The van der Waals surface area contributed by atoms with Gasteiger partial charge in [0.1, 0.15) is 0 Å². The van der Waals surface area contributed by atoms with Gasteiger partial charge in [-0.2, -0.15) is 0 Å². The molecule has 0 aliphatic heterocycles. The molecule has 7 nitrogen and oxygen atoms in total. The molecule has 0 saturated carbocycles. The molecule has 1 aromatic rings. The molecule has 0 radical (unpaired) electrons. The van der Waals surface area contributed by atoms with E-state index in [4.69, 9.17) is 9.47 Å². The highest BCUT2D eigenvalue weighted by Gasteiger charge is 2.23. The number of benzene rings is 1. The van der Waals surface area contributed by atoms with Crippen LogP contribution in [0.1, 0.15) is 64.4 Å². The van der Waals surface area contributed by atoms with Crippen LogP contribution in [0.15, 0.2) is 30.3 Å². The van der Waals surface area contributed by atoms with Crippen LogP contribution in [0.4, 0.5) is 4.79 Å². The molecule has 0 unspecified atom stereocenters. The Kier molecular flexibility index (Phi) is 16.1. The standard InChI is InChI=1S/C28H49N3O4/c1-24(2)23-35-27(32)21-26(22-31(3,4)5)30-28(33)29-18-12-6-7-13-19-34-20-14-11-17-25-15-9-8-10-16-25/h8-10,15-16,24,26H,6-7,11-14,17-23H2,1-5H3,(H-,29,30,33)/p+1/t26-/m1/s1. The molecule has 0 fully saturated rings. The summed E-state index contributed by atoms with van der Waals surface area (Å²) in [5.41, 5.74) is 1.39. The fourth-order valence-electron chi connectivity index (χ4n) is 3.74. The number of carbonyl (C=O) groups is 2. The molecule has 1 aromatic carbocycles. The molecule has 35 heavy (non-hydrogen) atoms. The predicted octanol–water partition coefficient (Wildman–Crippen LogP) is 4.55. The van der Waals surface area contributed by atoms with E-state index in [-0.39, 0.29) is 24.5 Å². The largest absolute Gasteiger partial charge is 0.465 e. The lowest BCUT2D eigenvalue weighted by molar-refractivity contribution is -0.871. The summed E-state index contributed by atoms with van der Waals surface area (Å²) >= 11 is 0. The first-order valence-corrected chi connectivity index (χ1v) is 13.3. The van der Waals surface area contributed by atoms with E-state index < -0.39 is 0 Å². The van der Waals surface area contributed by atoms with Gasteiger partial charge in [0.15, 0.2) is 0 Å². The van der Waals surface area contributed by atoms with Crippen LogP contribution in [-0.4, -0.2) is 76.6 Å². The highest BCUT2D eigenvalue weighted by atomic mass is 16.5. The highest BCUT2D eigenvalue weighted by molar-refractivity contribution is 5.76. The van der Waals surface area contributed by atoms with Crippen LogP contribution in [0.5, 0.6) is 0 Å². The Bertz CT molecular complexity index is 689. The minimum absolute atomic E-state index is 0.182. The summed E-state index contributed by atoms with van der Waals surface area (Å²) in [7, 11) is 6.13. The number of nitrogens with zero attached hydrogens (tertiary/aromatic N) is 1. The molecule has 2 amide bonds. The van der Waals surface area contributed by atoms with E-state index in [0.29, 0.717) is 30.1 Å². The van der Waals surface area contributed by atoms with Gasteiger partial charge in [0, 0.05) is 19.8 Å². The van der Waals surface area contributed by atoms with Crippen LogP contribution >= 0.6 is 0 Å². The number of unbranched alkanes of at least 4 members (excludes halogenated alkanes) is 4. The maximum Gasteiger partial charge on any atom is 0.315 e. The number of aryl methyl sites for hydroxylation is 1. The Morgan fingerprint density at radius 2 is 1.57 bits per heavy atom. The van der Waals surface area contributed by atoms with Crippen molar-refractivity contribution in [3.8, 4) is 0 Å². The van der Waals surface area contributed by atoms with Crippen LogP contribution in [0, 0.1) is 5.92 Å². The minimum Gasteiger partial charge on any atom is -0.465 e. The van der Waals surface area contributed by atoms with E-state index >= 15 is 0 Å². The molecule has 2 N–H and O–H groups in total. The van der Waals surface area contributed by atoms with Gasteiger partial charge < -0.3 is 24.6 Å². The maximum absolute atomic E-state index is 12.3. The molecule has 0 spiro atoms. The summed E-state index contributed by atoms with van der Waals surface area (Å²) in [5, 5.41) is 5.87. The first-order valence-electron chi connectivity index (χ1n) is 13.3. The van der Waals surface area contributed by atoms with Crippen molar-refractivity contribution in [3.05, 3.63) is 35.9 Å². The zero-order valence-electron chi connectivity index (χ0n) is 22.8. The van der Waals surface area contributed by atoms with E-state index in [1.807, 2.05) is 35.0 Å². The van der Waals surface area contributed by atoms with Crippen LogP contribution in [0.25, 0.3) is 0 Å². The molecule has 0 aliphatic carbocycles. The first kappa shape index (κ1) is 30.9. The fourth-order valence-corrected chi connectivity index (χ4v) is 3.74. The number of quaternary nitrogens is 1. The van der Waals surface area contributed by atoms with Crippen molar-refractivity contribution in [2.24, 2.45) is 5.92 Å². The molecule has 0 bridgehead atoms. The number of rotatable bonds is 19. The molecular formula is C28H50N3O4+. The van der Waals surface area contributed by atoms with Crippen molar-refractivity contribution >= 4 is 12.0 Å². The van der Waals surface area contributed by atoms with Crippen molar-refractivity contribution < 1.29 is 23.5 Å². The predicted molar refractivity (Wildman–Crippen MR) is 142 cm³/mol. The number of hydrogen-bond donors (Lipinski definition) is 2. The molecule has 200 valence electrons. The number of likely N-dealkylation sites (N-methyl/N-ethyl adjacent to an activating group) is 1. The smallest absolute Gasteiger partial charge is 0.315 e. The SMILES string of the molecule is CC(C)COC(=O)C[C@H](C[N+](C)(C)C)NC(=O)NCCCCCCOCCCCc1ccccc1. The van der Waals surface area contributed by atoms with Crippen molar-refractivity contribution in [2.45, 2.75) is 71.3 Å². The number of nitrogens with one attached hydrogen (secondary N) is 2. The Balaban J connectivity index is 2.06. The van der Waals surface area contributed by atoms with Gasteiger partial charge in [-0.3, -0.25) is 4.79 Å². The second-order valence-corrected chi connectivity index (χ2v) is 10.8. The molecule has 1 atom stereocenters.